The van der Waals surface area contributed by atoms with Crippen LogP contribution in [-0.2, 0) is 11.2 Å². The van der Waals surface area contributed by atoms with Crippen LogP contribution >= 0.6 is 0 Å². The summed E-state index contributed by atoms with van der Waals surface area (Å²) in [6.07, 6.45) is 5.75. The third kappa shape index (κ3) is 4.15. The summed E-state index contributed by atoms with van der Waals surface area (Å²) in [4.78, 5) is 37.6. The minimum Gasteiger partial charge on any atom is -0.481 e. The highest BCUT2D eigenvalue weighted by atomic mass is 16.5. The van der Waals surface area contributed by atoms with Gasteiger partial charge in [-0.2, -0.15) is 0 Å². The summed E-state index contributed by atoms with van der Waals surface area (Å²) >= 11 is 0. The highest BCUT2D eigenvalue weighted by Crippen LogP contribution is 2.21. The predicted molar refractivity (Wildman–Crippen MR) is 99.3 cm³/mol. The van der Waals surface area contributed by atoms with E-state index >= 15 is 0 Å². The zero-order valence-corrected chi connectivity index (χ0v) is 14.6. The standard InChI is InChI=1S/C21H18N2O4/c1-2-13-27-16-9-7-15(8-10-16)11-12-22-19(24)14-23-20(25)17-5-3-4-6-18(17)21(23)26/h1,3-10H,11-14H2,(H,22,24). The molecule has 1 aliphatic heterocycles. The number of rotatable bonds is 7. The Hall–Kier alpha value is -3.59. The van der Waals surface area contributed by atoms with Gasteiger partial charge in [0, 0.05) is 6.54 Å². The maximum absolute atomic E-state index is 12.2. The minimum absolute atomic E-state index is 0.215. The number of ether oxygens (including phenoxy) is 1. The number of nitrogens with one attached hydrogen (secondary N) is 1. The number of benzene rings is 2. The number of imide groups is 1. The van der Waals surface area contributed by atoms with Crippen molar-refractivity contribution in [2.24, 2.45) is 0 Å². The van der Waals surface area contributed by atoms with Gasteiger partial charge in [0.15, 0.2) is 0 Å². The molecule has 2 aromatic rings. The Morgan fingerprint density at radius 3 is 2.26 bits per heavy atom. The summed E-state index contributed by atoms with van der Waals surface area (Å²) < 4.78 is 5.30. The van der Waals surface area contributed by atoms with Gasteiger partial charge in [-0.25, -0.2) is 0 Å². The molecule has 1 aliphatic rings. The van der Waals surface area contributed by atoms with Crippen LogP contribution in [-0.4, -0.2) is 42.3 Å². The Kier molecular flexibility index (Phi) is 5.53. The van der Waals surface area contributed by atoms with Gasteiger partial charge in [-0.15, -0.1) is 6.42 Å². The van der Waals surface area contributed by atoms with Crippen molar-refractivity contribution in [3.63, 3.8) is 0 Å². The van der Waals surface area contributed by atoms with E-state index in [0.717, 1.165) is 10.5 Å². The number of terminal acetylenes is 1. The number of nitrogens with zero attached hydrogens (tertiary/aromatic N) is 1. The Morgan fingerprint density at radius 2 is 1.67 bits per heavy atom. The number of carbonyl (C=O) groups is 3. The van der Waals surface area contributed by atoms with E-state index in [1.54, 1.807) is 24.3 Å². The fourth-order valence-electron chi connectivity index (χ4n) is 2.81. The molecule has 0 saturated heterocycles. The van der Waals surface area contributed by atoms with E-state index in [1.165, 1.54) is 0 Å². The first-order valence-corrected chi connectivity index (χ1v) is 8.47. The van der Waals surface area contributed by atoms with Gasteiger partial charge in [-0.05, 0) is 36.2 Å². The predicted octanol–water partition coefficient (Wildman–Crippen LogP) is 1.65. The van der Waals surface area contributed by atoms with Crippen LogP contribution in [0.5, 0.6) is 5.75 Å². The molecule has 3 rings (SSSR count). The number of fused-ring (bicyclic) bond motifs is 1. The second kappa shape index (κ2) is 8.19. The monoisotopic (exact) mass is 362 g/mol. The molecule has 0 bridgehead atoms. The number of hydrogen-bond donors (Lipinski definition) is 1. The molecule has 0 radical (unpaired) electrons. The molecule has 0 aliphatic carbocycles. The third-order valence-corrected chi connectivity index (χ3v) is 4.16. The van der Waals surface area contributed by atoms with Crippen LogP contribution in [0, 0.1) is 12.3 Å². The molecule has 27 heavy (non-hydrogen) atoms. The second-order valence-electron chi connectivity index (χ2n) is 5.98. The molecule has 1 N–H and O–H groups in total. The van der Waals surface area contributed by atoms with Crippen molar-refractivity contribution in [3.05, 3.63) is 65.2 Å². The van der Waals surface area contributed by atoms with Crippen molar-refractivity contribution in [1.82, 2.24) is 10.2 Å². The van der Waals surface area contributed by atoms with E-state index < -0.39 is 11.8 Å². The van der Waals surface area contributed by atoms with Gasteiger partial charge in [0.2, 0.25) is 5.91 Å². The fourth-order valence-corrected chi connectivity index (χ4v) is 2.81. The molecule has 1 heterocycles. The zero-order valence-electron chi connectivity index (χ0n) is 14.6. The topological polar surface area (TPSA) is 75.7 Å². The lowest BCUT2D eigenvalue weighted by molar-refractivity contribution is -0.121. The number of carbonyl (C=O) groups excluding carboxylic acids is 3. The van der Waals surface area contributed by atoms with Crippen LogP contribution in [0.1, 0.15) is 26.3 Å². The maximum atomic E-state index is 12.2. The molecule has 2 aromatic carbocycles. The van der Waals surface area contributed by atoms with Gasteiger partial charge < -0.3 is 10.1 Å². The highest BCUT2D eigenvalue weighted by Gasteiger charge is 2.36. The lowest BCUT2D eigenvalue weighted by Crippen LogP contribution is -2.40. The van der Waals surface area contributed by atoms with Gasteiger partial charge in [-0.1, -0.05) is 30.2 Å². The molecule has 0 saturated carbocycles. The van der Waals surface area contributed by atoms with Crippen molar-refractivity contribution >= 4 is 17.7 Å². The van der Waals surface area contributed by atoms with E-state index in [0.29, 0.717) is 29.8 Å². The molecular weight excluding hydrogens is 344 g/mol. The first-order chi connectivity index (χ1) is 13.1. The van der Waals surface area contributed by atoms with Crippen molar-refractivity contribution < 1.29 is 19.1 Å². The molecule has 0 spiro atoms. The molecule has 6 heteroatoms. The summed E-state index contributed by atoms with van der Waals surface area (Å²) in [5, 5.41) is 2.73. The molecule has 136 valence electrons. The zero-order chi connectivity index (χ0) is 19.2. The minimum atomic E-state index is -0.437. The average molecular weight is 362 g/mol. The molecule has 3 amide bonds. The van der Waals surface area contributed by atoms with Crippen LogP contribution < -0.4 is 10.1 Å². The third-order valence-electron chi connectivity index (χ3n) is 4.16. The Bertz CT molecular complexity index is 878. The summed E-state index contributed by atoms with van der Waals surface area (Å²) in [7, 11) is 0. The summed E-state index contributed by atoms with van der Waals surface area (Å²) in [6, 6.07) is 14.0. The summed E-state index contributed by atoms with van der Waals surface area (Å²) in [5.74, 6) is 1.83. The van der Waals surface area contributed by atoms with E-state index in [1.807, 2.05) is 24.3 Å². The van der Waals surface area contributed by atoms with Crippen LogP contribution in [0.2, 0.25) is 0 Å². The van der Waals surface area contributed by atoms with E-state index in [2.05, 4.69) is 11.2 Å². The van der Waals surface area contributed by atoms with Crippen molar-refractivity contribution in [3.8, 4) is 18.1 Å². The van der Waals surface area contributed by atoms with Gasteiger partial charge in [0.1, 0.15) is 18.9 Å². The largest absolute Gasteiger partial charge is 0.481 e. The van der Waals surface area contributed by atoms with Gasteiger partial charge in [0.25, 0.3) is 11.8 Å². The van der Waals surface area contributed by atoms with Crippen molar-refractivity contribution in [2.75, 3.05) is 19.7 Å². The fraction of sp³-hybridized carbons (Fsp3) is 0.190. The summed E-state index contributed by atoms with van der Waals surface area (Å²) in [5.41, 5.74) is 1.69. The van der Waals surface area contributed by atoms with Crippen molar-refractivity contribution in [2.45, 2.75) is 6.42 Å². The average Bonchev–Trinajstić information content (AvgIpc) is 2.92. The maximum Gasteiger partial charge on any atom is 0.262 e. The van der Waals surface area contributed by atoms with Gasteiger partial charge in [-0.3, -0.25) is 19.3 Å². The second-order valence-corrected chi connectivity index (χ2v) is 5.98. The van der Waals surface area contributed by atoms with E-state index in [4.69, 9.17) is 11.2 Å². The van der Waals surface area contributed by atoms with Gasteiger partial charge >= 0.3 is 0 Å². The van der Waals surface area contributed by atoms with Crippen molar-refractivity contribution in [1.29, 1.82) is 0 Å². The Morgan fingerprint density at radius 1 is 1.04 bits per heavy atom. The van der Waals surface area contributed by atoms with Gasteiger partial charge in [0.05, 0.1) is 11.1 Å². The highest BCUT2D eigenvalue weighted by molar-refractivity contribution is 6.22. The lowest BCUT2D eigenvalue weighted by Gasteiger charge is -2.13. The van der Waals surface area contributed by atoms with E-state index in [-0.39, 0.29) is 19.1 Å². The molecule has 0 aromatic heterocycles. The number of hydrogen-bond acceptors (Lipinski definition) is 4. The van der Waals surface area contributed by atoms with Crippen LogP contribution in [0.15, 0.2) is 48.5 Å². The molecule has 0 fully saturated rings. The Balaban J connectivity index is 1.47. The normalized spacial score (nSPS) is 12.5. The molecule has 6 nitrogen and oxygen atoms in total. The molecule has 0 atom stereocenters. The Labute approximate surface area is 157 Å². The lowest BCUT2D eigenvalue weighted by atomic mass is 10.1. The van der Waals surface area contributed by atoms with Crippen LogP contribution in [0.4, 0.5) is 0 Å². The van der Waals surface area contributed by atoms with E-state index in [9.17, 15) is 14.4 Å². The first kappa shape index (κ1) is 18.2. The molecular formula is C21H18N2O4. The number of amides is 3. The van der Waals surface area contributed by atoms with Crippen LogP contribution in [0.25, 0.3) is 0 Å². The molecule has 0 unspecified atom stereocenters. The smallest absolute Gasteiger partial charge is 0.262 e. The SMILES string of the molecule is C#CCOc1ccc(CCNC(=O)CN2C(=O)c3ccccc3C2=O)cc1. The summed E-state index contributed by atoms with van der Waals surface area (Å²) in [6.45, 7) is 0.324. The first-order valence-electron chi connectivity index (χ1n) is 8.47. The quantitative estimate of drug-likeness (QED) is 0.600. The van der Waals surface area contributed by atoms with Crippen LogP contribution in [0.3, 0.4) is 0 Å².